The van der Waals surface area contributed by atoms with E-state index < -0.39 is 0 Å². The number of hydrogen-bond donors (Lipinski definition) is 0. The van der Waals surface area contributed by atoms with Crippen LogP contribution in [0.4, 0.5) is 0 Å². The van der Waals surface area contributed by atoms with Crippen molar-refractivity contribution in [2.24, 2.45) is 0 Å². The number of rotatable bonds is 4. The maximum atomic E-state index is 5.37. The summed E-state index contributed by atoms with van der Waals surface area (Å²) < 4.78 is 5.37. The molecule has 1 nitrogen and oxygen atoms in total. The van der Waals surface area contributed by atoms with Crippen LogP contribution in [0.3, 0.4) is 0 Å². The molecular formula is C8H14OS. The molecule has 0 bridgehead atoms. The molecule has 0 aromatic heterocycles. The van der Waals surface area contributed by atoms with Crippen LogP contribution < -0.4 is 0 Å². The summed E-state index contributed by atoms with van der Waals surface area (Å²) in [7, 11) is 0. The molecule has 1 aliphatic rings. The van der Waals surface area contributed by atoms with Gasteiger partial charge in [0.1, 0.15) is 0 Å². The zero-order valence-corrected chi connectivity index (χ0v) is 7.41. The van der Waals surface area contributed by atoms with Gasteiger partial charge in [-0.15, -0.1) is 0 Å². The fraction of sp³-hybridized carbons (Fsp3) is 0.750. The van der Waals surface area contributed by atoms with Crippen LogP contribution in [0.25, 0.3) is 0 Å². The molecule has 1 saturated heterocycles. The second-order valence-electron chi connectivity index (χ2n) is 2.77. The smallest absolute Gasteiger partial charge is 0.0650 e. The Morgan fingerprint density at radius 3 is 2.90 bits per heavy atom. The zero-order chi connectivity index (χ0) is 7.40. The first-order chi connectivity index (χ1) is 4.79. The highest BCUT2D eigenvalue weighted by Gasteiger charge is 2.21. The topological polar surface area (TPSA) is 9.23 Å². The van der Waals surface area contributed by atoms with Crippen molar-refractivity contribution in [3.8, 4) is 0 Å². The van der Waals surface area contributed by atoms with Gasteiger partial charge >= 0.3 is 0 Å². The summed E-state index contributed by atoms with van der Waals surface area (Å²) in [6.45, 7) is 5.91. The van der Waals surface area contributed by atoms with Gasteiger partial charge in [-0.05, 0) is 13.8 Å². The predicted molar refractivity (Wildman–Crippen MR) is 46.5 cm³/mol. The van der Waals surface area contributed by atoms with E-state index in [4.69, 9.17) is 4.74 Å². The van der Waals surface area contributed by atoms with Crippen molar-refractivity contribution in [1.29, 1.82) is 0 Å². The Morgan fingerprint density at radius 2 is 2.40 bits per heavy atom. The molecule has 58 valence electrons. The van der Waals surface area contributed by atoms with Gasteiger partial charge in [0.15, 0.2) is 0 Å². The van der Waals surface area contributed by atoms with Gasteiger partial charge in [0.2, 0.25) is 0 Å². The molecule has 0 spiro atoms. The van der Waals surface area contributed by atoms with Crippen molar-refractivity contribution in [3.05, 3.63) is 11.6 Å². The highest BCUT2D eigenvalue weighted by atomic mass is 32.2. The Balaban J connectivity index is 1.89. The molecule has 0 amide bonds. The van der Waals surface area contributed by atoms with Gasteiger partial charge in [0, 0.05) is 11.0 Å². The van der Waals surface area contributed by atoms with Crippen molar-refractivity contribution in [3.63, 3.8) is 0 Å². The minimum atomic E-state index is 0.791. The largest absolute Gasteiger partial charge is 0.376 e. The molecule has 10 heavy (non-hydrogen) atoms. The van der Waals surface area contributed by atoms with Crippen molar-refractivity contribution in [2.45, 2.75) is 19.1 Å². The molecule has 1 aliphatic heterocycles. The van der Waals surface area contributed by atoms with Crippen molar-refractivity contribution in [1.82, 2.24) is 0 Å². The fourth-order valence-corrected chi connectivity index (χ4v) is 1.01. The van der Waals surface area contributed by atoms with E-state index in [1.54, 1.807) is 0 Å². The highest BCUT2D eigenvalue weighted by molar-refractivity contribution is 8.06. The lowest BCUT2D eigenvalue weighted by Gasteiger charge is -1.96. The van der Waals surface area contributed by atoms with E-state index in [-0.39, 0.29) is 0 Å². The first-order valence-corrected chi connectivity index (χ1v) is 4.66. The van der Waals surface area contributed by atoms with Gasteiger partial charge in [-0.25, -0.2) is 0 Å². The molecule has 0 N–H and O–H groups in total. The van der Waals surface area contributed by atoms with Crippen molar-refractivity contribution >= 4 is 11.8 Å². The van der Waals surface area contributed by atoms with E-state index in [1.165, 1.54) is 11.3 Å². The Bertz CT molecular complexity index is 123. The Morgan fingerprint density at radius 1 is 1.70 bits per heavy atom. The number of thioether (sulfide) groups is 1. The van der Waals surface area contributed by atoms with E-state index in [0.29, 0.717) is 0 Å². The van der Waals surface area contributed by atoms with Crippen LogP contribution in [0.5, 0.6) is 0 Å². The lowest BCUT2D eigenvalue weighted by Crippen LogP contribution is -1.99. The summed E-state index contributed by atoms with van der Waals surface area (Å²) in [4.78, 5) is 0. The lowest BCUT2D eigenvalue weighted by atomic mass is 10.3. The fourth-order valence-electron chi connectivity index (χ4n) is 0.589. The molecule has 0 aliphatic carbocycles. The van der Waals surface area contributed by atoms with Crippen LogP contribution in [0.2, 0.25) is 0 Å². The third-order valence-corrected chi connectivity index (χ3v) is 2.26. The normalized spacial score (nSPS) is 22.4. The van der Waals surface area contributed by atoms with Crippen LogP contribution >= 0.6 is 11.8 Å². The van der Waals surface area contributed by atoms with E-state index in [1.807, 2.05) is 11.8 Å². The molecular weight excluding hydrogens is 144 g/mol. The average molecular weight is 158 g/mol. The SMILES string of the molecule is CC(C)=CCOCC1CS1. The third kappa shape index (κ3) is 3.96. The highest BCUT2D eigenvalue weighted by Crippen LogP contribution is 2.29. The summed E-state index contributed by atoms with van der Waals surface area (Å²) in [6.07, 6.45) is 2.12. The first-order valence-electron chi connectivity index (χ1n) is 3.62. The number of allylic oxidation sites excluding steroid dienone is 1. The van der Waals surface area contributed by atoms with Gasteiger partial charge in [-0.2, -0.15) is 11.8 Å². The van der Waals surface area contributed by atoms with E-state index in [2.05, 4.69) is 19.9 Å². The molecule has 0 aromatic rings. The second-order valence-corrected chi connectivity index (χ2v) is 4.11. The van der Waals surface area contributed by atoms with Crippen LogP contribution in [0, 0.1) is 0 Å². The van der Waals surface area contributed by atoms with Crippen LogP contribution in [-0.4, -0.2) is 24.2 Å². The van der Waals surface area contributed by atoms with Crippen LogP contribution in [0.15, 0.2) is 11.6 Å². The van der Waals surface area contributed by atoms with Crippen molar-refractivity contribution in [2.75, 3.05) is 19.0 Å². The summed E-state index contributed by atoms with van der Waals surface area (Å²) >= 11 is 1.98. The van der Waals surface area contributed by atoms with E-state index in [9.17, 15) is 0 Å². The van der Waals surface area contributed by atoms with Gasteiger partial charge in [0.25, 0.3) is 0 Å². The third-order valence-electron chi connectivity index (χ3n) is 1.32. The summed E-state index contributed by atoms with van der Waals surface area (Å²) in [5, 5.41) is 0.811. The Labute approximate surface area is 66.8 Å². The zero-order valence-electron chi connectivity index (χ0n) is 6.59. The predicted octanol–water partition coefficient (Wildman–Crippen LogP) is 2.08. The molecule has 1 atom stereocenters. The first kappa shape index (κ1) is 8.15. The van der Waals surface area contributed by atoms with Crippen LogP contribution in [-0.2, 0) is 4.74 Å². The minimum absolute atomic E-state index is 0.791. The Kier molecular flexibility index (Phi) is 3.29. The summed E-state index contributed by atoms with van der Waals surface area (Å²) in [5.74, 6) is 1.30. The molecule has 0 aromatic carbocycles. The molecule has 2 heteroatoms. The summed E-state index contributed by atoms with van der Waals surface area (Å²) in [6, 6.07) is 0. The molecule has 0 radical (unpaired) electrons. The molecule has 1 rings (SSSR count). The van der Waals surface area contributed by atoms with Gasteiger partial charge in [0.05, 0.1) is 13.2 Å². The molecule has 0 saturated carbocycles. The second kappa shape index (κ2) is 4.04. The quantitative estimate of drug-likeness (QED) is 0.352. The molecule has 1 unspecified atom stereocenters. The average Bonchev–Trinajstić information content (AvgIpc) is 2.62. The molecule has 1 heterocycles. The maximum absolute atomic E-state index is 5.37. The van der Waals surface area contributed by atoms with E-state index >= 15 is 0 Å². The van der Waals surface area contributed by atoms with Crippen LogP contribution in [0.1, 0.15) is 13.8 Å². The standard InChI is InChI=1S/C8H14OS/c1-7(2)3-4-9-5-8-6-10-8/h3,8H,4-6H2,1-2H3. The maximum Gasteiger partial charge on any atom is 0.0650 e. The van der Waals surface area contributed by atoms with E-state index in [0.717, 1.165) is 18.5 Å². The lowest BCUT2D eigenvalue weighted by molar-refractivity contribution is 0.170. The Hall–Kier alpha value is 0.0500. The number of ether oxygens (including phenoxy) is 1. The number of hydrogen-bond acceptors (Lipinski definition) is 2. The van der Waals surface area contributed by atoms with Gasteiger partial charge < -0.3 is 4.74 Å². The summed E-state index contributed by atoms with van der Waals surface area (Å²) in [5.41, 5.74) is 1.34. The monoisotopic (exact) mass is 158 g/mol. The minimum Gasteiger partial charge on any atom is -0.376 e. The van der Waals surface area contributed by atoms with Crippen molar-refractivity contribution < 1.29 is 4.74 Å². The van der Waals surface area contributed by atoms with Gasteiger partial charge in [-0.1, -0.05) is 11.6 Å². The van der Waals surface area contributed by atoms with Gasteiger partial charge in [-0.3, -0.25) is 0 Å². The molecule has 1 fully saturated rings.